The molecule has 6 heteroatoms. The molecule has 0 spiro atoms. The van der Waals surface area contributed by atoms with E-state index in [1.165, 1.54) is 10.5 Å². The molecule has 0 unspecified atom stereocenters. The van der Waals surface area contributed by atoms with Crippen LogP contribution in [0.1, 0.15) is 11.1 Å². The maximum atomic E-state index is 11.9. The van der Waals surface area contributed by atoms with Gasteiger partial charge in [-0.15, -0.1) is 0 Å². The zero-order valence-corrected chi connectivity index (χ0v) is 16.2. The Labute approximate surface area is 166 Å². The van der Waals surface area contributed by atoms with Crippen LogP contribution in [0, 0.1) is 0 Å². The largest absolute Gasteiger partial charge is 0.344 e. The molecular weight excluding hydrogens is 352 g/mol. The molecular formula is C22H30N4O2+2. The molecule has 6 nitrogen and oxygen atoms in total. The average molecular weight is 383 g/mol. The smallest absolute Gasteiger partial charge is 0.309 e. The van der Waals surface area contributed by atoms with E-state index in [4.69, 9.17) is 0 Å². The van der Waals surface area contributed by atoms with Crippen LogP contribution >= 0.6 is 0 Å². The summed E-state index contributed by atoms with van der Waals surface area (Å²) in [5, 5.41) is 5.39. The van der Waals surface area contributed by atoms with Crippen LogP contribution in [0.25, 0.3) is 0 Å². The Bertz CT molecular complexity index is 744. The zero-order chi connectivity index (χ0) is 19.6. The highest BCUT2D eigenvalue weighted by Gasteiger charge is 2.23. The number of carbonyl (C=O) groups is 2. The summed E-state index contributed by atoms with van der Waals surface area (Å²) < 4.78 is 0. The number of hydrogen-bond donors (Lipinski definition) is 4. The molecule has 0 radical (unpaired) electrons. The molecule has 0 aliphatic carbocycles. The van der Waals surface area contributed by atoms with Crippen LogP contribution in [0.15, 0.2) is 60.7 Å². The molecule has 1 saturated heterocycles. The summed E-state index contributed by atoms with van der Waals surface area (Å²) in [6.07, 6.45) is 0. The SMILES string of the molecule is O=C(NCC[NH+]1CC[NH+](Cc2ccccc2)CC1)C(=O)NCc1ccccc1. The van der Waals surface area contributed by atoms with E-state index in [9.17, 15) is 9.59 Å². The summed E-state index contributed by atoms with van der Waals surface area (Å²) in [6, 6.07) is 20.2. The molecule has 0 aromatic heterocycles. The summed E-state index contributed by atoms with van der Waals surface area (Å²) in [5.74, 6) is -1.13. The van der Waals surface area contributed by atoms with E-state index >= 15 is 0 Å². The fourth-order valence-electron chi connectivity index (χ4n) is 3.56. The van der Waals surface area contributed by atoms with Crippen molar-refractivity contribution in [1.82, 2.24) is 10.6 Å². The maximum absolute atomic E-state index is 11.9. The van der Waals surface area contributed by atoms with E-state index in [0.717, 1.165) is 44.8 Å². The first kappa shape index (κ1) is 20.0. The number of piperazine rings is 1. The molecule has 148 valence electrons. The second-order valence-electron chi connectivity index (χ2n) is 7.34. The third-order valence-electron chi connectivity index (χ3n) is 5.23. The van der Waals surface area contributed by atoms with Gasteiger partial charge in [-0.3, -0.25) is 9.59 Å². The quantitative estimate of drug-likeness (QED) is 0.436. The molecule has 2 amide bonds. The highest BCUT2D eigenvalue weighted by Crippen LogP contribution is 1.97. The van der Waals surface area contributed by atoms with E-state index in [1.807, 2.05) is 30.3 Å². The van der Waals surface area contributed by atoms with Gasteiger partial charge >= 0.3 is 11.8 Å². The van der Waals surface area contributed by atoms with Crippen LogP contribution < -0.4 is 20.4 Å². The summed E-state index contributed by atoms with van der Waals surface area (Å²) in [5.41, 5.74) is 2.36. The maximum Gasteiger partial charge on any atom is 0.309 e. The van der Waals surface area contributed by atoms with Gasteiger partial charge in [0.15, 0.2) is 0 Å². The second kappa shape index (κ2) is 10.6. The van der Waals surface area contributed by atoms with Crippen molar-refractivity contribution in [1.29, 1.82) is 0 Å². The number of carbonyl (C=O) groups excluding carboxylic acids is 2. The van der Waals surface area contributed by atoms with Crippen molar-refractivity contribution in [2.75, 3.05) is 39.3 Å². The van der Waals surface area contributed by atoms with Gasteiger partial charge in [0.1, 0.15) is 32.7 Å². The molecule has 0 bridgehead atoms. The Hall–Kier alpha value is -2.70. The highest BCUT2D eigenvalue weighted by atomic mass is 16.2. The molecule has 1 aliphatic heterocycles. The van der Waals surface area contributed by atoms with Crippen molar-refractivity contribution >= 4 is 11.8 Å². The van der Waals surface area contributed by atoms with Crippen molar-refractivity contribution < 1.29 is 19.4 Å². The average Bonchev–Trinajstić information content (AvgIpc) is 2.74. The van der Waals surface area contributed by atoms with Crippen LogP contribution in [-0.2, 0) is 22.7 Å². The predicted octanol–water partition coefficient (Wildman–Crippen LogP) is -1.60. The van der Waals surface area contributed by atoms with Gasteiger partial charge in [0.05, 0.1) is 13.1 Å². The topological polar surface area (TPSA) is 67.1 Å². The number of rotatable bonds is 7. The lowest BCUT2D eigenvalue weighted by Gasteiger charge is -2.29. The molecule has 0 saturated carbocycles. The van der Waals surface area contributed by atoms with Gasteiger partial charge in [0, 0.05) is 12.1 Å². The lowest BCUT2D eigenvalue weighted by molar-refractivity contribution is -1.02. The van der Waals surface area contributed by atoms with Gasteiger partial charge in [-0.2, -0.15) is 0 Å². The fourth-order valence-corrected chi connectivity index (χ4v) is 3.56. The van der Waals surface area contributed by atoms with Crippen molar-refractivity contribution in [3.8, 4) is 0 Å². The van der Waals surface area contributed by atoms with Gasteiger partial charge in [-0.25, -0.2) is 0 Å². The zero-order valence-electron chi connectivity index (χ0n) is 16.2. The third kappa shape index (κ3) is 6.48. The standard InChI is InChI=1S/C22H28N4O2/c27-21(22(28)24-17-19-7-3-1-4-8-19)23-11-12-25-13-15-26(16-14-25)18-20-9-5-2-6-10-20/h1-10H,11-18H2,(H,23,27)(H,24,28)/p+2. The van der Waals surface area contributed by atoms with Gasteiger partial charge in [0.2, 0.25) is 0 Å². The molecule has 1 fully saturated rings. The van der Waals surface area contributed by atoms with Gasteiger partial charge in [0.25, 0.3) is 0 Å². The van der Waals surface area contributed by atoms with Crippen LogP contribution in [0.4, 0.5) is 0 Å². The normalized spacial score (nSPS) is 19.0. The Morgan fingerprint density at radius 3 is 1.89 bits per heavy atom. The van der Waals surface area contributed by atoms with Crippen LogP contribution in [0.2, 0.25) is 0 Å². The van der Waals surface area contributed by atoms with E-state index in [2.05, 4.69) is 41.0 Å². The second-order valence-corrected chi connectivity index (χ2v) is 7.34. The molecule has 1 aliphatic rings. The molecule has 1 heterocycles. The lowest BCUT2D eigenvalue weighted by atomic mass is 10.2. The summed E-state index contributed by atoms with van der Waals surface area (Å²) in [4.78, 5) is 26.9. The minimum absolute atomic E-state index is 0.366. The molecule has 2 aromatic carbocycles. The minimum Gasteiger partial charge on any atom is -0.344 e. The lowest BCUT2D eigenvalue weighted by Crippen LogP contribution is -3.27. The molecule has 4 N–H and O–H groups in total. The molecule has 2 aromatic rings. The minimum atomic E-state index is -0.573. The monoisotopic (exact) mass is 382 g/mol. The first-order valence-corrected chi connectivity index (χ1v) is 10.0. The first-order chi connectivity index (χ1) is 13.7. The van der Waals surface area contributed by atoms with Gasteiger partial charge < -0.3 is 20.4 Å². The Morgan fingerprint density at radius 2 is 1.25 bits per heavy atom. The van der Waals surface area contributed by atoms with E-state index in [1.54, 1.807) is 4.90 Å². The number of amides is 2. The summed E-state index contributed by atoms with van der Waals surface area (Å²) >= 11 is 0. The van der Waals surface area contributed by atoms with Crippen LogP contribution in [0.5, 0.6) is 0 Å². The van der Waals surface area contributed by atoms with Crippen LogP contribution in [0.3, 0.4) is 0 Å². The number of benzene rings is 2. The van der Waals surface area contributed by atoms with E-state index in [0.29, 0.717) is 13.1 Å². The van der Waals surface area contributed by atoms with E-state index < -0.39 is 11.8 Å². The number of quaternary nitrogens is 2. The molecule has 3 rings (SSSR count). The van der Waals surface area contributed by atoms with Crippen molar-refractivity contribution in [2.24, 2.45) is 0 Å². The van der Waals surface area contributed by atoms with Crippen LogP contribution in [-0.4, -0.2) is 51.1 Å². The third-order valence-corrected chi connectivity index (χ3v) is 5.23. The summed E-state index contributed by atoms with van der Waals surface area (Å²) in [7, 11) is 0. The molecule has 0 atom stereocenters. The van der Waals surface area contributed by atoms with Crippen molar-refractivity contribution in [2.45, 2.75) is 13.1 Å². The van der Waals surface area contributed by atoms with Gasteiger partial charge in [-0.1, -0.05) is 60.7 Å². The van der Waals surface area contributed by atoms with E-state index in [-0.39, 0.29) is 0 Å². The summed E-state index contributed by atoms with van der Waals surface area (Å²) in [6.45, 7) is 7.29. The number of hydrogen-bond acceptors (Lipinski definition) is 2. The Balaban J connectivity index is 1.29. The Morgan fingerprint density at radius 1 is 0.714 bits per heavy atom. The van der Waals surface area contributed by atoms with Gasteiger partial charge in [-0.05, 0) is 5.56 Å². The Kier molecular flexibility index (Phi) is 7.58. The molecule has 28 heavy (non-hydrogen) atoms. The van der Waals surface area contributed by atoms with Crippen molar-refractivity contribution in [3.63, 3.8) is 0 Å². The number of nitrogens with one attached hydrogen (secondary N) is 4. The fraction of sp³-hybridized carbons (Fsp3) is 0.364. The van der Waals surface area contributed by atoms with Crippen molar-refractivity contribution in [3.05, 3.63) is 71.8 Å². The predicted molar refractivity (Wildman–Crippen MR) is 108 cm³/mol. The highest BCUT2D eigenvalue weighted by molar-refractivity contribution is 6.35. The first-order valence-electron chi connectivity index (χ1n) is 10.0.